The summed E-state index contributed by atoms with van der Waals surface area (Å²) in [6, 6.07) is 14.1. The summed E-state index contributed by atoms with van der Waals surface area (Å²) in [5, 5.41) is 5.36. The normalized spacial score (nSPS) is 16.4. The Bertz CT molecular complexity index is 1390. The molecule has 0 saturated carbocycles. The summed E-state index contributed by atoms with van der Waals surface area (Å²) in [6.45, 7) is 6.18. The summed E-state index contributed by atoms with van der Waals surface area (Å²) in [5.41, 5.74) is 4.22. The number of nitrogens with one attached hydrogen (secondary N) is 2. The molecule has 0 bridgehead atoms. The summed E-state index contributed by atoms with van der Waals surface area (Å²) in [6.07, 6.45) is 2.53. The molecule has 1 aliphatic heterocycles. The molecule has 0 aliphatic carbocycles. The van der Waals surface area contributed by atoms with Gasteiger partial charge in [0.15, 0.2) is 11.5 Å². The molecule has 0 radical (unpaired) electrons. The number of rotatable bonds is 4. The number of anilines is 2. The summed E-state index contributed by atoms with van der Waals surface area (Å²) in [5.74, 6) is 0.363. The molecule has 5 rings (SSSR count). The van der Waals surface area contributed by atoms with Gasteiger partial charge in [0.25, 0.3) is 0 Å². The molecule has 2 aromatic heterocycles. The molecule has 0 fully saturated rings. The molecule has 8 heteroatoms. The lowest BCUT2D eigenvalue weighted by atomic mass is 10.1. The minimum absolute atomic E-state index is 0.203. The van der Waals surface area contributed by atoms with Gasteiger partial charge in [-0.15, -0.1) is 0 Å². The molecule has 31 heavy (non-hydrogen) atoms. The predicted molar refractivity (Wildman–Crippen MR) is 119 cm³/mol. The molecule has 0 saturated heterocycles. The first-order chi connectivity index (χ1) is 15.0. The van der Waals surface area contributed by atoms with E-state index in [9.17, 15) is 4.39 Å². The average Bonchev–Trinajstić information content (AvgIpc) is 3.22. The van der Waals surface area contributed by atoms with E-state index in [0.29, 0.717) is 11.3 Å². The number of imidazole rings is 1. The fourth-order valence-electron chi connectivity index (χ4n) is 3.98. The Hall–Kier alpha value is -3.81. The SMILES string of the molecule is Cc1ccccc1N1C=c2c(C)cccc2=NC1C(C)Nc1nc(F)nc2nc[nH]c12. The van der Waals surface area contributed by atoms with Crippen molar-refractivity contribution < 1.29 is 4.39 Å². The van der Waals surface area contributed by atoms with Crippen molar-refractivity contribution >= 4 is 28.9 Å². The zero-order chi connectivity index (χ0) is 21.5. The van der Waals surface area contributed by atoms with Crippen LogP contribution in [0.1, 0.15) is 18.1 Å². The first-order valence-corrected chi connectivity index (χ1v) is 10.1. The number of aromatic nitrogens is 4. The van der Waals surface area contributed by atoms with E-state index < -0.39 is 6.08 Å². The number of hydrogen-bond acceptors (Lipinski definition) is 6. The predicted octanol–water partition coefficient (Wildman–Crippen LogP) is 2.81. The summed E-state index contributed by atoms with van der Waals surface area (Å²) >= 11 is 0. The maximum Gasteiger partial charge on any atom is 0.312 e. The highest BCUT2D eigenvalue weighted by atomic mass is 19.1. The first-order valence-electron chi connectivity index (χ1n) is 10.1. The topological polar surface area (TPSA) is 82.1 Å². The third-order valence-corrected chi connectivity index (χ3v) is 5.59. The fraction of sp³-hybridized carbons (Fsp3) is 0.217. The number of hydrogen-bond donors (Lipinski definition) is 2. The summed E-state index contributed by atoms with van der Waals surface area (Å²) in [7, 11) is 0. The highest BCUT2D eigenvalue weighted by molar-refractivity contribution is 5.82. The second kappa shape index (κ2) is 7.46. The number of H-pyrrole nitrogens is 1. The Kier molecular flexibility index (Phi) is 4.62. The lowest BCUT2D eigenvalue weighted by molar-refractivity contribution is 0.540. The van der Waals surface area contributed by atoms with E-state index in [1.54, 1.807) is 0 Å². The van der Waals surface area contributed by atoms with Gasteiger partial charge in [-0.05, 0) is 44.0 Å². The van der Waals surface area contributed by atoms with Crippen LogP contribution >= 0.6 is 0 Å². The van der Waals surface area contributed by atoms with Crippen molar-refractivity contribution in [2.24, 2.45) is 4.99 Å². The maximum absolute atomic E-state index is 13.9. The molecule has 2 N–H and O–H groups in total. The standard InChI is InChI=1S/C23H22FN7/c1-13-8-6-9-17-16(13)11-31(18-10-5-4-7-14(18)2)22(28-17)15(3)27-21-19-20(26-12-25-19)29-23(24)30-21/h4-12,15,22H,1-3H3,(H2,25,26,27,29,30). The Morgan fingerprint density at radius 2 is 1.87 bits per heavy atom. The van der Waals surface area contributed by atoms with Crippen molar-refractivity contribution in [3.63, 3.8) is 0 Å². The van der Waals surface area contributed by atoms with E-state index in [1.807, 2.05) is 31.2 Å². The van der Waals surface area contributed by atoms with Crippen molar-refractivity contribution in [3.05, 3.63) is 76.6 Å². The molecule has 4 aromatic rings. The maximum atomic E-state index is 13.9. The van der Waals surface area contributed by atoms with Crippen LogP contribution in [-0.2, 0) is 0 Å². The average molecular weight is 415 g/mol. The molecule has 3 heterocycles. The van der Waals surface area contributed by atoms with E-state index in [4.69, 9.17) is 4.99 Å². The van der Waals surface area contributed by atoms with Gasteiger partial charge in [-0.25, -0.2) is 4.98 Å². The van der Waals surface area contributed by atoms with Gasteiger partial charge in [0.2, 0.25) is 0 Å². The number of aryl methyl sites for hydroxylation is 2. The van der Waals surface area contributed by atoms with Crippen LogP contribution in [0, 0.1) is 19.9 Å². The van der Waals surface area contributed by atoms with Crippen LogP contribution in [0.15, 0.2) is 53.8 Å². The van der Waals surface area contributed by atoms with Gasteiger partial charge < -0.3 is 15.2 Å². The molecule has 7 nitrogen and oxygen atoms in total. The number of nitrogens with zero attached hydrogens (tertiary/aromatic N) is 5. The van der Waals surface area contributed by atoms with Crippen LogP contribution in [0.3, 0.4) is 0 Å². The first kappa shape index (κ1) is 19.2. The largest absolute Gasteiger partial charge is 0.362 e. The quantitative estimate of drug-likeness (QED) is 0.501. The van der Waals surface area contributed by atoms with Gasteiger partial charge >= 0.3 is 6.08 Å². The molecule has 0 spiro atoms. The number of benzene rings is 2. The molecule has 2 unspecified atom stereocenters. The van der Waals surface area contributed by atoms with Crippen LogP contribution in [-0.4, -0.2) is 32.1 Å². The van der Waals surface area contributed by atoms with Crippen molar-refractivity contribution in [3.8, 4) is 0 Å². The van der Waals surface area contributed by atoms with E-state index in [1.165, 1.54) is 6.33 Å². The number of aromatic amines is 1. The van der Waals surface area contributed by atoms with Crippen molar-refractivity contribution in [2.75, 3.05) is 10.2 Å². The molecular formula is C23H22FN7. The molecular weight excluding hydrogens is 393 g/mol. The third-order valence-electron chi connectivity index (χ3n) is 5.59. The highest BCUT2D eigenvalue weighted by Crippen LogP contribution is 2.26. The van der Waals surface area contributed by atoms with Crippen LogP contribution in [0.5, 0.6) is 0 Å². The van der Waals surface area contributed by atoms with Crippen LogP contribution in [0.2, 0.25) is 0 Å². The van der Waals surface area contributed by atoms with Gasteiger partial charge in [0, 0.05) is 17.1 Å². The van der Waals surface area contributed by atoms with E-state index >= 15 is 0 Å². The Morgan fingerprint density at radius 3 is 2.71 bits per heavy atom. The lowest BCUT2D eigenvalue weighted by Crippen LogP contribution is -2.50. The van der Waals surface area contributed by atoms with E-state index in [0.717, 1.165) is 27.4 Å². The van der Waals surface area contributed by atoms with Crippen molar-refractivity contribution in [2.45, 2.75) is 33.0 Å². The molecule has 156 valence electrons. The Labute approximate surface area is 178 Å². The monoisotopic (exact) mass is 415 g/mol. The minimum atomic E-state index is -0.821. The molecule has 1 aliphatic rings. The third kappa shape index (κ3) is 3.39. The van der Waals surface area contributed by atoms with Gasteiger partial charge in [-0.3, -0.25) is 4.99 Å². The smallest absolute Gasteiger partial charge is 0.312 e. The fourth-order valence-corrected chi connectivity index (χ4v) is 3.98. The van der Waals surface area contributed by atoms with E-state index in [-0.39, 0.29) is 17.9 Å². The zero-order valence-electron chi connectivity index (χ0n) is 17.5. The molecule has 2 atom stereocenters. The minimum Gasteiger partial charge on any atom is -0.362 e. The second-order valence-corrected chi connectivity index (χ2v) is 7.75. The second-order valence-electron chi connectivity index (χ2n) is 7.75. The van der Waals surface area contributed by atoms with Gasteiger partial charge in [-0.2, -0.15) is 14.4 Å². The van der Waals surface area contributed by atoms with Gasteiger partial charge in [-0.1, -0.05) is 30.3 Å². The lowest BCUT2D eigenvalue weighted by Gasteiger charge is -2.35. The number of para-hydroxylation sites is 1. The highest BCUT2D eigenvalue weighted by Gasteiger charge is 2.27. The van der Waals surface area contributed by atoms with Crippen LogP contribution in [0.25, 0.3) is 17.4 Å². The Balaban J connectivity index is 1.61. The summed E-state index contributed by atoms with van der Waals surface area (Å²) < 4.78 is 13.9. The van der Waals surface area contributed by atoms with Crippen LogP contribution in [0.4, 0.5) is 15.9 Å². The molecule has 2 aromatic carbocycles. The summed E-state index contributed by atoms with van der Waals surface area (Å²) in [4.78, 5) is 21.9. The molecule has 0 amide bonds. The Morgan fingerprint density at radius 1 is 1.06 bits per heavy atom. The number of fused-ring (bicyclic) bond motifs is 2. The van der Waals surface area contributed by atoms with Crippen molar-refractivity contribution in [1.82, 2.24) is 19.9 Å². The number of halogens is 1. The van der Waals surface area contributed by atoms with Crippen molar-refractivity contribution in [1.29, 1.82) is 0 Å². The van der Waals surface area contributed by atoms with E-state index in [2.05, 4.69) is 68.4 Å². The van der Waals surface area contributed by atoms with Gasteiger partial charge in [0.05, 0.1) is 17.7 Å². The van der Waals surface area contributed by atoms with Gasteiger partial charge in [0.1, 0.15) is 11.7 Å². The van der Waals surface area contributed by atoms with Crippen LogP contribution < -0.4 is 20.8 Å². The zero-order valence-corrected chi connectivity index (χ0v) is 17.5.